The molecule has 1 heterocycles. The zero-order valence-corrected chi connectivity index (χ0v) is 12.7. The van der Waals surface area contributed by atoms with Crippen molar-refractivity contribution in [2.24, 2.45) is 0 Å². The monoisotopic (exact) mass is 318 g/mol. The van der Waals surface area contributed by atoms with Crippen LogP contribution in [0.25, 0.3) is 0 Å². The number of rotatable bonds is 2. The predicted molar refractivity (Wildman–Crippen MR) is 80.5 cm³/mol. The number of carbonyl (C=O) groups excluding carboxylic acids is 1. The standard InChI is InChI=1S/C15H15BrN2O/c1-9-8-10(2)17-11(3)14(9)18-15(19)12-6-4-5-7-13(12)16/h4-8H,1-3H3,(H,18,19). The third-order valence-corrected chi connectivity index (χ3v) is 3.57. The lowest BCUT2D eigenvalue weighted by Gasteiger charge is -2.12. The lowest BCUT2D eigenvalue weighted by molar-refractivity contribution is 0.102. The van der Waals surface area contributed by atoms with Crippen molar-refractivity contribution in [3.05, 3.63) is 57.3 Å². The molecule has 0 fully saturated rings. The number of benzene rings is 1. The first-order valence-corrected chi connectivity index (χ1v) is 6.79. The molecule has 0 aliphatic rings. The van der Waals surface area contributed by atoms with E-state index in [0.29, 0.717) is 5.56 Å². The van der Waals surface area contributed by atoms with Crippen LogP contribution in [0.3, 0.4) is 0 Å². The van der Waals surface area contributed by atoms with Crippen molar-refractivity contribution in [2.75, 3.05) is 5.32 Å². The van der Waals surface area contributed by atoms with Crippen LogP contribution in [0.15, 0.2) is 34.8 Å². The molecule has 0 aliphatic carbocycles. The van der Waals surface area contributed by atoms with Crippen LogP contribution < -0.4 is 5.32 Å². The van der Waals surface area contributed by atoms with Crippen LogP contribution in [0, 0.1) is 20.8 Å². The van der Waals surface area contributed by atoms with E-state index in [9.17, 15) is 4.79 Å². The second-order valence-corrected chi connectivity index (χ2v) is 5.33. The number of carbonyl (C=O) groups is 1. The van der Waals surface area contributed by atoms with E-state index in [4.69, 9.17) is 0 Å². The number of nitrogens with zero attached hydrogens (tertiary/aromatic N) is 1. The number of nitrogens with one attached hydrogen (secondary N) is 1. The summed E-state index contributed by atoms with van der Waals surface area (Å²) in [6, 6.07) is 9.31. The third-order valence-electron chi connectivity index (χ3n) is 2.88. The van der Waals surface area contributed by atoms with Gasteiger partial charge < -0.3 is 5.32 Å². The summed E-state index contributed by atoms with van der Waals surface area (Å²) in [5, 5.41) is 2.93. The molecule has 1 aromatic heterocycles. The lowest BCUT2D eigenvalue weighted by Crippen LogP contribution is -2.15. The largest absolute Gasteiger partial charge is 0.320 e. The highest BCUT2D eigenvalue weighted by molar-refractivity contribution is 9.10. The van der Waals surface area contributed by atoms with Crippen molar-refractivity contribution in [1.82, 2.24) is 4.98 Å². The fourth-order valence-electron chi connectivity index (χ4n) is 2.04. The van der Waals surface area contributed by atoms with E-state index < -0.39 is 0 Å². The van der Waals surface area contributed by atoms with Crippen molar-refractivity contribution in [3.8, 4) is 0 Å². The molecule has 3 nitrogen and oxygen atoms in total. The Hall–Kier alpha value is -1.68. The van der Waals surface area contributed by atoms with Crippen LogP contribution in [0.4, 0.5) is 5.69 Å². The lowest BCUT2D eigenvalue weighted by atomic mass is 10.1. The van der Waals surface area contributed by atoms with Gasteiger partial charge in [0.1, 0.15) is 0 Å². The van der Waals surface area contributed by atoms with Gasteiger partial charge in [0.05, 0.1) is 16.9 Å². The van der Waals surface area contributed by atoms with Crippen LogP contribution in [0.1, 0.15) is 27.3 Å². The molecule has 1 aromatic carbocycles. The number of hydrogen-bond acceptors (Lipinski definition) is 2. The minimum Gasteiger partial charge on any atom is -0.320 e. The van der Waals surface area contributed by atoms with Gasteiger partial charge in [-0.05, 0) is 60.5 Å². The summed E-state index contributed by atoms with van der Waals surface area (Å²) < 4.78 is 0.780. The molecule has 0 spiro atoms. The maximum atomic E-state index is 12.3. The smallest absolute Gasteiger partial charge is 0.256 e. The number of pyridine rings is 1. The van der Waals surface area contributed by atoms with E-state index in [1.807, 2.05) is 45.0 Å². The van der Waals surface area contributed by atoms with E-state index in [2.05, 4.69) is 26.2 Å². The van der Waals surface area contributed by atoms with E-state index in [1.54, 1.807) is 6.07 Å². The fraction of sp³-hybridized carbons (Fsp3) is 0.200. The SMILES string of the molecule is Cc1cc(C)c(NC(=O)c2ccccc2Br)c(C)n1. The Balaban J connectivity index is 2.32. The van der Waals surface area contributed by atoms with E-state index >= 15 is 0 Å². The molecule has 0 radical (unpaired) electrons. The van der Waals surface area contributed by atoms with Crippen molar-refractivity contribution in [2.45, 2.75) is 20.8 Å². The maximum absolute atomic E-state index is 12.3. The van der Waals surface area contributed by atoms with Gasteiger partial charge in [-0.2, -0.15) is 0 Å². The summed E-state index contributed by atoms with van der Waals surface area (Å²) in [4.78, 5) is 16.6. The number of aryl methyl sites for hydroxylation is 3. The first-order valence-electron chi connectivity index (χ1n) is 6.00. The van der Waals surface area contributed by atoms with Crippen molar-refractivity contribution >= 4 is 27.5 Å². The average Bonchev–Trinajstić information content (AvgIpc) is 2.34. The topological polar surface area (TPSA) is 42.0 Å². The molecule has 2 rings (SSSR count). The summed E-state index contributed by atoms with van der Waals surface area (Å²) >= 11 is 3.38. The van der Waals surface area contributed by atoms with E-state index in [0.717, 1.165) is 27.1 Å². The minimum absolute atomic E-state index is 0.135. The molecule has 2 aromatic rings. The quantitative estimate of drug-likeness (QED) is 0.908. The molecule has 0 unspecified atom stereocenters. The highest BCUT2D eigenvalue weighted by Gasteiger charge is 2.13. The van der Waals surface area contributed by atoms with Gasteiger partial charge in [-0.3, -0.25) is 9.78 Å². The van der Waals surface area contributed by atoms with Gasteiger partial charge in [-0.15, -0.1) is 0 Å². The fourth-order valence-corrected chi connectivity index (χ4v) is 2.50. The van der Waals surface area contributed by atoms with Crippen LogP contribution in [-0.4, -0.2) is 10.9 Å². The highest BCUT2D eigenvalue weighted by Crippen LogP contribution is 2.22. The zero-order valence-electron chi connectivity index (χ0n) is 11.1. The number of hydrogen-bond donors (Lipinski definition) is 1. The van der Waals surface area contributed by atoms with Gasteiger partial charge in [0.2, 0.25) is 0 Å². The number of anilines is 1. The molecule has 0 aliphatic heterocycles. The first-order chi connectivity index (χ1) is 8.99. The van der Waals surface area contributed by atoms with Crippen molar-refractivity contribution < 1.29 is 4.79 Å². The molecule has 1 amide bonds. The summed E-state index contributed by atoms with van der Waals surface area (Å²) in [5.41, 5.74) is 4.20. The highest BCUT2D eigenvalue weighted by atomic mass is 79.9. The van der Waals surface area contributed by atoms with Gasteiger partial charge >= 0.3 is 0 Å². The van der Waals surface area contributed by atoms with E-state index in [1.165, 1.54) is 0 Å². The zero-order chi connectivity index (χ0) is 14.0. The number of amides is 1. The molecule has 4 heteroatoms. The molecule has 0 bridgehead atoms. The Labute approximate surface area is 121 Å². The minimum atomic E-state index is -0.135. The Bertz CT molecular complexity index is 615. The summed E-state index contributed by atoms with van der Waals surface area (Å²) in [5.74, 6) is -0.135. The average molecular weight is 319 g/mol. The molecule has 19 heavy (non-hydrogen) atoms. The second-order valence-electron chi connectivity index (χ2n) is 4.47. The Morgan fingerprint density at radius 3 is 2.53 bits per heavy atom. The molecular formula is C15H15BrN2O. The molecular weight excluding hydrogens is 304 g/mol. The second kappa shape index (κ2) is 5.53. The first kappa shape index (κ1) is 13.7. The summed E-state index contributed by atoms with van der Waals surface area (Å²) in [6.45, 7) is 5.81. The van der Waals surface area contributed by atoms with Gasteiger partial charge in [-0.25, -0.2) is 0 Å². The predicted octanol–water partition coefficient (Wildman–Crippen LogP) is 4.02. The molecule has 1 N–H and O–H groups in total. The van der Waals surface area contributed by atoms with Crippen LogP contribution in [0.5, 0.6) is 0 Å². The maximum Gasteiger partial charge on any atom is 0.256 e. The van der Waals surface area contributed by atoms with Gasteiger partial charge in [0.15, 0.2) is 0 Å². The Morgan fingerprint density at radius 2 is 1.89 bits per heavy atom. The van der Waals surface area contributed by atoms with Gasteiger partial charge in [0, 0.05) is 10.2 Å². The third kappa shape index (κ3) is 3.01. The van der Waals surface area contributed by atoms with Crippen molar-refractivity contribution in [3.63, 3.8) is 0 Å². The summed E-state index contributed by atoms with van der Waals surface area (Å²) in [6.07, 6.45) is 0. The molecule has 0 atom stereocenters. The van der Waals surface area contributed by atoms with Crippen LogP contribution >= 0.6 is 15.9 Å². The Kier molecular flexibility index (Phi) is 4.00. The van der Waals surface area contributed by atoms with Crippen molar-refractivity contribution in [1.29, 1.82) is 0 Å². The molecule has 98 valence electrons. The molecule has 0 saturated carbocycles. The normalized spacial score (nSPS) is 10.3. The number of aromatic nitrogens is 1. The van der Waals surface area contributed by atoms with Crippen LogP contribution in [-0.2, 0) is 0 Å². The van der Waals surface area contributed by atoms with Gasteiger partial charge in [0.25, 0.3) is 5.91 Å². The summed E-state index contributed by atoms with van der Waals surface area (Å²) in [7, 11) is 0. The molecule has 0 saturated heterocycles. The number of halogens is 1. The van der Waals surface area contributed by atoms with E-state index in [-0.39, 0.29) is 5.91 Å². The van der Waals surface area contributed by atoms with Crippen LogP contribution in [0.2, 0.25) is 0 Å². The Morgan fingerprint density at radius 1 is 1.21 bits per heavy atom. The van der Waals surface area contributed by atoms with Gasteiger partial charge in [-0.1, -0.05) is 12.1 Å².